The van der Waals surface area contributed by atoms with Crippen molar-refractivity contribution in [2.24, 2.45) is 11.8 Å². The monoisotopic (exact) mass is 355 g/mol. The lowest BCUT2D eigenvalue weighted by molar-refractivity contribution is 0.131. The fraction of sp³-hybridized carbons (Fsp3) is 0.591. The van der Waals surface area contributed by atoms with Crippen molar-refractivity contribution in [2.75, 3.05) is 13.1 Å². The molecule has 3 rings (SSSR count). The molecule has 0 unspecified atom stereocenters. The molecule has 3 atom stereocenters. The summed E-state index contributed by atoms with van der Waals surface area (Å²) in [6.45, 7) is 10.2. The average Bonchev–Trinajstić information content (AvgIpc) is 3.15. The maximum Gasteiger partial charge on any atom is 0.0950 e. The van der Waals surface area contributed by atoms with Crippen LogP contribution in [0.5, 0.6) is 0 Å². The quantitative estimate of drug-likeness (QED) is 0.748. The zero-order chi connectivity index (χ0) is 18.4. The van der Waals surface area contributed by atoms with Gasteiger partial charge in [0, 0.05) is 43.5 Å². The van der Waals surface area contributed by atoms with Crippen molar-refractivity contribution in [1.82, 2.24) is 15.2 Å². The van der Waals surface area contributed by atoms with Crippen molar-refractivity contribution in [1.29, 1.82) is 0 Å². The first-order chi connectivity index (χ1) is 12.6. The largest absolute Gasteiger partial charge is 0.472 e. The summed E-state index contributed by atoms with van der Waals surface area (Å²) in [6.07, 6.45) is 9.16. The fourth-order valence-corrected chi connectivity index (χ4v) is 3.92. The summed E-state index contributed by atoms with van der Waals surface area (Å²) in [7, 11) is 0. The van der Waals surface area contributed by atoms with E-state index in [9.17, 15) is 0 Å². The molecule has 2 aromatic heterocycles. The van der Waals surface area contributed by atoms with E-state index in [0.717, 1.165) is 32.0 Å². The summed E-state index contributed by atoms with van der Waals surface area (Å²) >= 11 is 0. The summed E-state index contributed by atoms with van der Waals surface area (Å²) in [4.78, 5) is 7.01. The SMILES string of the molecule is CC(C)CC[C@H](N[C@H]1CCN(Cc2ccccn2)C[C@@H]1C)c1ccoc1. The molecule has 0 amide bonds. The summed E-state index contributed by atoms with van der Waals surface area (Å²) in [6, 6.07) is 9.24. The third kappa shape index (κ3) is 5.42. The number of pyridine rings is 1. The van der Waals surface area contributed by atoms with E-state index in [4.69, 9.17) is 4.42 Å². The Morgan fingerprint density at radius 1 is 1.27 bits per heavy atom. The number of hydrogen-bond acceptors (Lipinski definition) is 4. The minimum absolute atomic E-state index is 0.394. The van der Waals surface area contributed by atoms with Gasteiger partial charge in [-0.1, -0.05) is 26.8 Å². The Bertz CT molecular complexity index is 626. The van der Waals surface area contributed by atoms with Crippen molar-refractivity contribution in [3.8, 4) is 0 Å². The predicted molar refractivity (Wildman–Crippen MR) is 106 cm³/mol. The van der Waals surface area contributed by atoms with E-state index in [1.807, 2.05) is 18.5 Å². The molecule has 0 aromatic carbocycles. The van der Waals surface area contributed by atoms with Crippen LogP contribution in [0, 0.1) is 11.8 Å². The molecule has 2 aromatic rings. The number of piperidine rings is 1. The molecule has 3 heterocycles. The molecule has 142 valence electrons. The standard InChI is InChI=1S/C22H33N3O/c1-17(2)7-8-22(19-10-13-26-16-19)24-21-9-12-25(14-18(21)3)15-20-6-4-5-11-23-20/h4-6,10-11,13,16-18,21-22,24H,7-9,12,14-15H2,1-3H3/t18-,21-,22-/m0/s1. The van der Waals surface area contributed by atoms with Gasteiger partial charge in [0.1, 0.15) is 0 Å². The first kappa shape index (κ1) is 19.1. The number of furan rings is 1. The number of nitrogens with zero attached hydrogens (tertiary/aromatic N) is 2. The highest BCUT2D eigenvalue weighted by atomic mass is 16.3. The van der Waals surface area contributed by atoms with Crippen LogP contribution in [-0.4, -0.2) is 29.0 Å². The van der Waals surface area contributed by atoms with Crippen LogP contribution in [0.25, 0.3) is 0 Å². The van der Waals surface area contributed by atoms with Gasteiger partial charge in [-0.15, -0.1) is 0 Å². The van der Waals surface area contributed by atoms with Gasteiger partial charge in [-0.05, 0) is 49.3 Å². The van der Waals surface area contributed by atoms with Crippen molar-refractivity contribution >= 4 is 0 Å². The molecule has 1 aliphatic heterocycles. The Morgan fingerprint density at radius 2 is 2.15 bits per heavy atom. The van der Waals surface area contributed by atoms with E-state index in [1.54, 1.807) is 6.26 Å². The molecule has 0 aliphatic carbocycles. The topological polar surface area (TPSA) is 41.3 Å². The van der Waals surface area contributed by atoms with Crippen LogP contribution in [0.15, 0.2) is 47.4 Å². The van der Waals surface area contributed by atoms with Gasteiger partial charge in [0.25, 0.3) is 0 Å². The van der Waals surface area contributed by atoms with Gasteiger partial charge < -0.3 is 9.73 Å². The molecule has 1 saturated heterocycles. The van der Waals surface area contributed by atoms with Crippen LogP contribution in [-0.2, 0) is 6.54 Å². The highest BCUT2D eigenvalue weighted by molar-refractivity contribution is 5.12. The lowest BCUT2D eigenvalue weighted by atomic mass is 9.91. The van der Waals surface area contributed by atoms with Crippen molar-refractivity contribution < 1.29 is 4.42 Å². The van der Waals surface area contributed by atoms with E-state index in [-0.39, 0.29) is 0 Å². The van der Waals surface area contributed by atoms with E-state index in [0.29, 0.717) is 18.0 Å². The van der Waals surface area contributed by atoms with Crippen LogP contribution in [0.4, 0.5) is 0 Å². The van der Waals surface area contributed by atoms with E-state index in [1.165, 1.54) is 24.1 Å². The third-order valence-electron chi connectivity index (χ3n) is 5.49. The van der Waals surface area contributed by atoms with Gasteiger partial charge in [-0.2, -0.15) is 0 Å². The van der Waals surface area contributed by atoms with Gasteiger partial charge in [0.05, 0.1) is 18.2 Å². The summed E-state index contributed by atoms with van der Waals surface area (Å²) in [5, 5.41) is 3.95. The van der Waals surface area contributed by atoms with Crippen LogP contribution >= 0.6 is 0 Å². The van der Waals surface area contributed by atoms with E-state index < -0.39 is 0 Å². The van der Waals surface area contributed by atoms with Crippen LogP contribution < -0.4 is 5.32 Å². The van der Waals surface area contributed by atoms with Crippen LogP contribution in [0.2, 0.25) is 0 Å². The van der Waals surface area contributed by atoms with Gasteiger partial charge >= 0.3 is 0 Å². The van der Waals surface area contributed by atoms with Gasteiger partial charge in [-0.25, -0.2) is 0 Å². The highest BCUT2D eigenvalue weighted by Crippen LogP contribution is 2.26. The molecule has 1 fully saturated rings. The summed E-state index contributed by atoms with van der Waals surface area (Å²) in [5.41, 5.74) is 2.45. The Morgan fingerprint density at radius 3 is 2.81 bits per heavy atom. The molecule has 1 N–H and O–H groups in total. The second-order valence-electron chi connectivity index (χ2n) is 8.18. The van der Waals surface area contributed by atoms with Crippen molar-refractivity contribution in [2.45, 2.75) is 58.7 Å². The Labute approximate surface area is 158 Å². The smallest absolute Gasteiger partial charge is 0.0950 e. The molecule has 1 aliphatic rings. The summed E-state index contributed by atoms with van der Waals surface area (Å²) < 4.78 is 5.35. The first-order valence-corrected chi connectivity index (χ1v) is 10.0. The highest BCUT2D eigenvalue weighted by Gasteiger charge is 2.28. The second kappa shape index (κ2) is 9.33. The second-order valence-corrected chi connectivity index (χ2v) is 8.18. The molecule has 4 nitrogen and oxygen atoms in total. The van der Waals surface area contributed by atoms with Crippen molar-refractivity contribution in [3.63, 3.8) is 0 Å². The number of aromatic nitrogens is 1. The van der Waals surface area contributed by atoms with E-state index >= 15 is 0 Å². The van der Waals surface area contributed by atoms with E-state index in [2.05, 4.69) is 54.2 Å². The fourth-order valence-electron chi connectivity index (χ4n) is 3.92. The van der Waals surface area contributed by atoms with Gasteiger partial charge in [0.15, 0.2) is 0 Å². The summed E-state index contributed by atoms with van der Waals surface area (Å²) in [5.74, 6) is 1.35. The number of hydrogen-bond donors (Lipinski definition) is 1. The maximum atomic E-state index is 5.35. The number of nitrogens with one attached hydrogen (secondary N) is 1. The number of rotatable bonds is 8. The molecular formula is C22H33N3O. The van der Waals surface area contributed by atoms with Crippen LogP contribution in [0.1, 0.15) is 57.3 Å². The third-order valence-corrected chi connectivity index (χ3v) is 5.49. The Balaban J connectivity index is 1.55. The maximum absolute atomic E-state index is 5.35. The molecular weight excluding hydrogens is 322 g/mol. The minimum Gasteiger partial charge on any atom is -0.472 e. The molecule has 0 spiro atoms. The molecule has 4 heteroatoms. The average molecular weight is 356 g/mol. The zero-order valence-electron chi connectivity index (χ0n) is 16.4. The van der Waals surface area contributed by atoms with Gasteiger partial charge in [0.2, 0.25) is 0 Å². The molecule has 26 heavy (non-hydrogen) atoms. The lowest BCUT2D eigenvalue weighted by Gasteiger charge is -2.39. The Kier molecular flexibility index (Phi) is 6.86. The first-order valence-electron chi connectivity index (χ1n) is 10.0. The molecule has 0 saturated carbocycles. The van der Waals surface area contributed by atoms with Gasteiger partial charge in [-0.3, -0.25) is 9.88 Å². The number of likely N-dealkylation sites (tertiary alicyclic amines) is 1. The van der Waals surface area contributed by atoms with Crippen molar-refractivity contribution in [3.05, 3.63) is 54.2 Å². The Hall–Kier alpha value is -1.65. The lowest BCUT2D eigenvalue weighted by Crippen LogP contribution is -2.49. The zero-order valence-corrected chi connectivity index (χ0v) is 16.4. The predicted octanol–water partition coefficient (Wildman–Crippen LogP) is 4.65. The minimum atomic E-state index is 0.394. The molecule has 0 radical (unpaired) electrons. The molecule has 0 bridgehead atoms. The van der Waals surface area contributed by atoms with Crippen LogP contribution in [0.3, 0.4) is 0 Å². The normalized spacial score (nSPS) is 22.6.